The molecular weight excluding hydrogens is 393 g/mol. The largest absolute Gasteiger partial charge is 0.471 e. The Kier molecular flexibility index (Phi) is 5.35. The van der Waals surface area contributed by atoms with Crippen molar-refractivity contribution < 1.29 is 37.1 Å². The second-order valence-corrected chi connectivity index (χ2v) is 9.39. The average molecular weight is 420 g/mol. The van der Waals surface area contributed by atoms with Gasteiger partial charge < -0.3 is 15.0 Å². The second-order valence-electron chi connectivity index (χ2n) is 9.39. The summed E-state index contributed by atoms with van der Waals surface area (Å²) >= 11 is 0. The number of nitrogens with zero attached hydrogens (tertiary/aromatic N) is 1. The van der Waals surface area contributed by atoms with Crippen LogP contribution in [0, 0.1) is 22.2 Å². The highest BCUT2D eigenvalue weighted by Crippen LogP contribution is 2.75. The van der Waals surface area contributed by atoms with Crippen molar-refractivity contribution in [2.45, 2.75) is 59.8 Å². The Morgan fingerprint density at radius 2 is 1.66 bits per heavy atom. The Bertz CT molecular complexity index is 756. The molecule has 1 saturated carbocycles. The van der Waals surface area contributed by atoms with E-state index < -0.39 is 52.3 Å². The Hall–Kier alpha value is -2.13. The number of hydrogen-bond donors (Lipinski definition) is 1. The number of ketones is 1. The number of alkyl halides is 3. The van der Waals surface area contributed by atoms with Gasteiger partial charge in [-0.05, 0) is 23.7 Å². The van der Waals surface area contributed by atoms with Gasteiger partial charge in [0, 0.05) is 6.54 Å². The van der Waals surface area contributed by atoms with Crippen LogP contribution in [0.25, 0.3) is 0 Å². The third-order valence-electron chi connectivity index (χ3n) is 6.46. The first-order chi connectivity index (χ1) is 13.0. The smallest absolute Gasteiger partial charge is 0.467 e. The maximum Gasteiger partial charge on any atom is 0.471 e. The molecule has 29 heavy (non-hydrogen) atoms. The van der Waals surface area contributed by atoms with Crippen LogP contribution in [-0.4, -0.2) is 60.4 Å². The van der Waals surface area contributed by atoms with Crippen molar-refractivity contribution >= 4 is 23.6 Å². The maximum absolute atomic E-state index is 13.3. The van der Waals surface area contributed by atoms with Gasteiger partial charge in [-0.3, -0.25) is 14.4 Å². The summed E-state index contributed by atoms with van der Waals surface area (Å²) in [5.41, 5.74) is -2.81. The van der Waals surface area contributed by atoms with Crippen LogP contribution in [0.5, 0.6) is 0 Å². The minimum Gasteiger partial charge on any atom is -0.467 e. The molecule has 0 spiro atoms. The standard InChI is InChI=1S/C19H27F3N2O5/c1-9(25)18-10(17(18,5)6)8-24(12(18)14(27)29-7)13(26)11(16(2,3)4)23-15(28)19(20,21)22/h10-12H,8H2,1-7H3,(H,23,28)/t10?,11-,12?,18?/m1/s1. The number of likely N-dealkylation sites (tertiary alicyclic amines) is 1. The van der Waals surface area contributed by atoms with Gasteiger partial charge in [0.25, 0.3) is 0 Å². The first-order valence-corrected chi connectivity index (χ1v) is 9.22. The molecule has 0 bridgehead atoms. The summed E-state index contributed by atoms with van der Waals surface area (Å²) < 4.78 is 43.2. The Morgan fingerprint density at radius 3 is 2.03 bits per heavy atom. The molecule has 0 aromatic heterocycles. The summed E-state index contributed by atoms with van der Waals surface area (Å²) in [6, 6.07) is -2.81. The molecule has 0 aromatic rings. The van der Waals surface area contributed by atoms with E-state index in [9.17, 15) is 32.3 Å². The topological polar surface area (TPSA) is 92.8 Å². The van der Waals surface area contributed by atoms with Crippen molar-refractivity contribution in [2.75, 3.05) is 13.7 Å². The number of piperidine rings is 1. The number of fused-ring (bicyclic) bond motifs is 1. The molecule has 10 heteroatoms. The van der Waals surface area contributed by atoms with Crippen LogP contribution in [0.3, 0.4) is 0 Å². The lowest BCUT2D eigenvalue weighted by molar-refractivity contribution is -0.176. The van der Waals surface area contributed by atoms with Crippen molar-refractivity contribution in [1.29, 1.82) is 0 Å². The van der Waals surface area contributed by atoms with Crippen molar-refractivity contribution in [3.8, 4) is 0 Å². The number of rotatable bonds is 4. The first-order valence-electron chi connectivity index (χ1n) is 9.22. The molecule has 2 amide bonds. The molecule has 4 atom stereocenters. The first kappa shape index (κ1) is 23.2. The molecule has 2 aliphatic rings. The van der Waals surface area contributed by atoms with E-state index in [0.29, 0.717) is 0 Å². The van der Waals surface area contributed by atoms with Crippen molar-refractivity contribution in [2.24, 2.45) is 22.2 Å². The van der Waals surface area contributed by atoms with E-state index in [-0.39, 0.29) is 18.2 Å². The molecule has 164 valence electrons. The van der Waals surface area contributed by atoms with Gasteiger partial charge in [0.15, 0.2) is 0 Å². The van der Waals surface area contributed by atoms with Crippen LogP contribution in [-0.2, 0) is 23.9 Å². The highest BCUT2D eigenvalue weighted by Gasteiger charge is 2.83. The second kappa shape index (κ2) is 6.70. The molecule has 1 aliphatic carbocycles. The van der Waals surface area contributed by atoms with Gasteiger partial charge in [0.1, 0.15) is 17.9 Å². The fourth-order valence-corrected chi connectivity index (χ4v) is 4.93. The molecule has 2 fully saturated rings. The van der Waals surface area contributed by atoms with E-state index in [4.69, 9.17) is 4.74 Å². The van der Waals surface area contributed by atoms with Gasteiger partial charge in [-0.2, -0.15) is 13.2 Å². The fourth-order valence-electron chi connectivity index (χ4n) is 4.93. The molecule has 0 aromatic carbocycles. The van der Waals surface area contributed by atoms with Gasteiger partial charge in [-0.1, -0.05) is 34.6 Å². The molecule has 1 saturated heterocycles. The summed E-state index contributed by atoms with van der Waals surface area (Å²) in [5.74, 6) is -4.53. The lowest BCUT2D eigenvalue weighted by Gasteiger charge is -2.38. The SMILES string of the molecule is COC(=O)C1N(C(=O)[C@@H](NC(=O)C(F)(F)F)C(C)(C)C)CC2C(C)(C)C12C(C)=O. The van der Waals surface area contributed by atoms with Crippen molar-refractivity contribution in [3.63, 3.8) is 0 Å². The highest BCUT2D eigenvalue weighted by molar-refractivity contribution is 6.00. The third-order valence-corrected chi connectivity index (χ3v) is 6.46. The predicted octanol–water partition coefficient (Wildman–Crippen LogP) is 1.69. The molecule has 1 aliphatic heterocycles. The number of carbonyl (C=O) groups excluding carboxylic acids is 4. The van der Waals surface area contributed by atoms with Gasteiger partial charge in [-0.25, -0.2) is 4.79 Å². The zero-order valence-corrected chi connectivity index (χ0v) is 17.6. The Balaban J connectivity index is 2.45. The number of Topliss-reactive ketones (excluding diaryl/α,β-unsaturated/α-hetero) is 1. The number of amides is 2. The normalized spacial score (nSPS) is 29.0. The Morgan fingerprint density at radius 1 is 1.14 bits per heavy atom. The molecular formula is C19H27F3N2O5. The van der Waals surface area contributed by atoms with E-state index >= 15 is 0 Å². The lowest BCUT2D eigenvalue weighted by atomic mass is 9.82. The number of ether oxygens (including phenoxy) is 1. The number of halogens is 3. The Labute approximate surface area is 167 Å². The highest BCUT2D eigenvalue weighted by atomic mass is 19.4. The number of esters is 1. The van der Waals surface area contributed by atoms with E-state index in [0.717, 1.165) is 12.0 Å². The lowest BCUT2D eigenvalue weighted by Crippen LogP contribution is -2.61. The molecule has 1 N–H and O–H groups in total. The summed E-state index contributed by atoms with van der Waals surface area (Å²) in [6.07, 6.45) is -5.17. The van der Waals surface area contributed by atoms with Crippen LogP contribution in [0.2, 0.25) is 0 Å². The van der Waals surface area contributed by atoms with Crippen LogP contribution < -0.4 is 5.32 Å². The van der Waals surface area contributed by atoms with Crippen LogP contribution >= 0.6 is 0 Å². The van der Waals surface area contributed by atoms with E-state index in [1.165, 1.54) is 27.7 Å². The zero-order valence-electron chi connectivity index (χ0n) is 17.6. The fraction of sp³-hybridized carbons (Fsp3) is 0.789. The van der Waals surface area contributed by atoms with Crippen molar-refractivity contribution in [1.82, 2.24) is 10.2 Å². The predicted molar refractivity (Wildman–Crippen MR) is 95.3 cm³/mol. The average Bonchev–Trinajstić information content (AvgIpc) is 2.89. The third kappa shape index (κ3) is 3.30. The molecule has 7 nitrogen and oxygen atoms in total. The van der Waals surface area contributed by atoms with Crippen molar-refractivity contribution in [3.05, 3.63) is 0 Å². The summed E-state index contributed by atoms with van der Waals surface area (Å²) in [4.78, 5) is 51.0. The monoisotopic (exact) mass is 420 g/mol. The molecule has 0 radical (unpaired) electrons. The van der Waals surface area contributed by atoms with Gasteiger partial charge in [0.05, 0.1) is 12.5 Å². The molecule has 1 heterocycles. The van der Waals surface area contributed by atoms with Gasteiger partial charge in [0.2, 0.25) is 5.91 Å². The summed E-state index contributed by atoms with van der Waals surface area (Å²) in [7, 11) is 1.12. The zero-order chi connectivity index (χ0) is 22.7. The van der Waals surface area contributed by atoms with Gasteiger partial charge in [-0.15, -0.1) is 0 Å². The molecule has 3 unspecified atom stereocenters. The number of methoxy groups -OCH3 is 1. The van der Waals surface area contributed by atoms with Gasteiger partial charge >= 0.3 is 18.1 Å². The van der Waals surface area contributed by atoms with Crippen LogP contribution in [0.15, 0.2) is 0 Å². The van der Waals surface area contributed by atoms with E-state index in [1.54, 1.807) is 5.32 Å². The minimum atomic E-state index is -5.17. The maximum atomic E-state index is 13.3. The van der Waals surface area contributed by atoms with Crippen LogP contribution in [0.1, 0.15) is 41.5 Å². The number of nitrogens with one attached hydrogen (secondary N) is 1. The van der Waals surface area contributed by atoms with Crippen LogP contribution in [0.4, 0.5) is 13.2 Å². The van der Waals surface area contributed by atoms with E-state index in [2.05, 4.69) is 0 Å². The number of hydrogen-bond acceptors (Lipinski definition) is 5. The summed E-state index contributed by atoms with van der Waals surface area (Å²) in [6.45, 7) is 9.47. The molecule has 2 rings (SSSR count). The van der Waals surface area contributed by atoms with E-state index in [1.807, 2.05) is 13.8 Å². The minimum absolute atomic E-state index is 0.0135. The number of carbonyl (C=O) groups is 4. The summed E-state index contributed by atoms with van der Waals surface area (Å²) in [5, 5.41) is 1.75. The quantitative estimate of drug-likeness (QED) is 0.699.